The van der Waals surface area contributed by atoms with E-state index in [2.05, 4.69) is 30.3 Å². The Hall–Kier alpha value is -1.03. The van der Waals surface area contributed by atoms with E-state index in [-0.39, 0.29) is 0 Å². The first kappa shape index (κ1) is 11.5. The molecule has 0 amide bonds. The van der Waals surface area contributed by atoms with Gasteiger partial charge in [-0.3, -0.25) is 4.68 Å². The molecule has 0 aliphatic carbocycles. The number of ether oxygens (including phenoxy) is 1. The number of hydrogen-bond acceptors (Lipinski definition) is 3. The molecule has 1 N–H and O–H groups in total. The maximum absolute atomic E-state index is 5.62. The Balaban J connectivity index is 1.84. The third kappa shape index (κ3) is 2.76. The summed E-state index contributed by atoms with van der Waals surface area (Å²) in [4.78, 5) is 0. The van der Waals surface area contributed by atoms with Crippen LogP contribution in [0.25, 0.3) is 0 Å². The van der Waals surface area contributed by atoms with E-state index < -0.39 is 0 Å². The summed E-state index contributed by atoms with van der Waals surface area (Å²) in [5.74, 6) is 0.963. The lowest BCUT2D eigenvalue weighted by atomic mass is 10.1. The molecule has 1 aliphatic rings. The minimum absolute atomic E-state index is 0.414. The maximum atomic E-state index is 5.62. The summed E-state index contributed by atoms with van der Waals surface area (Å²) in [6, 6.07) is 2.49. The van der Waals surface area contributed by atoms with Crippen LogP contribution in [0.5, 0.6) is 0 Å². The van der Waals surface area contributed by atoms with Gasteiger partial charge in [-0.25, -0.2) is 0 Å². The summed E-state index contributed by atoms with van der Waals surface area (Å²) in [5, 5.41) is 7.81. The molecule has 4 nitrogen and oxygen atoms in total. The van der Waals surface area contributed by atoms with Gasteiger partial charge in [0, 0.05) is 31.5 Å². The molecule has 1 aromatic heterocycles. The maximum Gasteiger partial charge on any atom is 0.148 e. The molecule has 2 unspecified atom stereocenters. The van der Waals surface area contributed by atoms with Crippen molar-refractivity contribution >= 4 is 5.82 Å². The Morgan fingerprint density at radius 2 is 2.50 bits per heavy atom. The van der Waals surface area contributed by atoms with Gasteiger partial charge in [-0.05, 0) is 33.1 Å². The van der Waals surface area contributed by atoms with E-state index in [0.717, 1.165) is 18.8 Å². The first-order valence-electron chi connectivity index (χ1n) is 6.04. The Morgan fingerprint density at radius 3 is 3.06 bits per heavy atom. The van der Waals surface area contributed by atoms with Crippen molar-refractivity contribution in [1.29, 1.82) is 0 Å². The molecule has 0 radical (unpaired) electrons. The Kier molecular flexibility index (Phi) is 3.49. The predicted octanol–water partition coefficient (Wildman–Crippen LogP) is 2.10. The molecule has 1 fully saturated rings. The van der Waals surface area contributed by atoms with Gasteiger partial charge in [0.2, 0.25) is 0 Å². The topological polar surface area (TPSA) is 39.1 Å². The van der Waals surface area contributed by atoms with E-state index in [9.17, 15) is 0 Å². The summed E-state index contributed by atoms with van der Waals surface area (Å²) in [6.07, 6.45) is 3.91. The second-order valence-corrected chi connectivity index (χ2v) is 4.71. The third-order valence-electron chi connectivity index (χ3n) is 3.15. The normalized spacial score (nSPS) is 22.3. The van der Waals surface area contributed by atoms with Crippen LogP contribution in [0, 0.1) is 6.92 Å². The number of nitrogens with zero attached hydrogens (tertiary/aromatic N) is 2. The highest BCUT2D eigenvalue weighted by atomic mass is 16.5. The minimum Gasteiger partial charge on any atom is -0.378 e. The second-order valence-electron chi connectivity index (χ2n) is 4.71. The fourth-order valence-electron chi connectivity index (χ4n) is 2.17. The average molecular weight is 223 g/mol. The standard InChI is InChI=1S/C12H21N3O/c1-9(7-11-5-4-6-16-11)13-12-8-10(2)15(3)14-12/h8-9,11H,4-7H2,1-3H3,(H,13,14). The zero-order valence-electron chi connectivity index (χ0n) is 10.4. The summed E-state index contributed by atoms with van der Waals surface area (Å²) < 4.78 is 7.51. The lowest BCUT2D eigenvalue weighted by Crippen LogP contribution is -2.22. The van der Waals surface area contributed by atoms with Crippen LogP contribution < -0.4 is 5.32 Å². The van der Waals surface area contributed by atoms with Gasteiger partial charge in [0.25, 0.3) is 0 Å². The van der Waals surface area contributed by atoms with Gasteiger partial charge in [-0.1, -0.05) is 0 Å². The van der Waals surface area contributed by atoms with E-state index in [4.69, 9.17) is 4.74 Å². The molecule has 90 valence electrons. The number of aromatic nitrogens is 2. The van der Waals surface area contributed by atoms with Gasteiger partial charge in [-0.2, -0.15) is 5.10 Å². The van der Waals surface area contributed by atoms with Crippen molar-refractivity contribution < 1.29 is 4.74 Å². The Morgan fingerprint density at radius 1 is 1.69 bits per heavy atom. The van der Waals surface area contributed by atoms with Crippen LogP contribution in [0.15, 0.2) is 6.07 Å². The zero-order valence-corrected chi connectivity index (χ0v) is 10.4. The van der Waals surface area contributed by atoms with Crippen LogP contribution in [0.2, 0.25) is 0 Å². The Bertz CT molecular complexity index is 323. The van der Waals surface area contributed by atoms with Gasteiger partial charge >= 0.3 is 0 Å². The second kappa shape index (κ2) is 4.87. The van der Waals surface area contributed by atoms with Crippen molar-refractivity contribution in [1.82, 2.24) is 9.78 Å². The monoisotopic (exact) mass is 223 g/mol. The molecule has 0 saturated carbocycles. The first-order valence-corrected chi connectivity index (χ1v) is 6.04. The summed E-state index contributed by atoms with van der Waals surface area (Å²) >= 11 is 0. The van der Waals surface area contributed by atoms with Crippen LogP contribution in [-0.4, -0.2) is 28.5 Å². The van der Waals surface area contributed by atoms with Crippen LogP contribution in [0.4, 0.5) is 5.82 Å². The van der Waals surface area contributed by atoms with E-state index in [1.807, 2.05) is 11.7 Å². The fraction of sp³-hybridized carbons (Fsp3) is 0.750. The van der Waals surface area contributed by atoms with Crippen molar-refractivity contribution in [3.8, 4) is 0 Å². The molecular weight excluding hydrogens is 202 g/mol. The summed E-state index contributed by atoms with van der Waals surface area (Å²) in [7, 11) is 1.96. The van der Waals surface area contributed by atoms with E-state index in [1.54, 1.807) is 0 Å². The molecule has 1 saturated heterocycles. The van der Waals surface area contributed by atoms with Gasteiger partial charge in [0.1, 0.15) is 5.82 Å². The van der Waals surface area contributed by atoms with Crippen molar-refractivity contribution in [3.05, 3.63) is 11.8 Å². The largest absolute Gasteiger partial charge is 0.378 e. The number of hydrogen-bond donors (Lipinski definition) is 1. The third-order valence-corrected chi connectivity index (χ3v) is 3.15. The first-order chi connectivity index (χ1) is 7.65. The van der Waals surface area contributed by atoms with Crippen LogP contribution in [-0.2, 0) is 11.8 Å². The van der Waals surface area contributed by atoms with E-state index in [0.29, 0.717) is 12.1 Å². The molecule has 2 atom stereocenters. The van der Waals surface area contributed by atoms with E-state index >= 15 is 0 Å². The number of nitrogens with one attached hydrogen (secondary N) is 1. The lowest BCUT2D eigenvalue weighted by Gasteiger charge is -2.17. The number of aryl methyl sites for hydroxylation is 2. The Labute approximate surface area is 97.0 Å². The lowest BCUT2D eigenvalue weighted by molar-refractivity contribution is 0.101. The number of anilines is 1. The zero-order chi connectivity index (χ0) is 11.5. The molecule has 2 rings (SSSR count). The SMILES string of the molecule is Cc1cc(NC(C)CC2CCCO2)nn1C. The van der Waals surface area contributed by atoms with Gasteiger partial charge < -0.3 is 10.1 Å². The smallest absolute Gasteiger partial charge is 0.148 e. The molecule has 0 spiro atoms. The van der Waals surface area contributed by atoms with Crippen LogP contribution in [0.3, 0.4) is 0 Å². The molecule has 0 aromatic carbocycles. The van der Waals surface area contributed by atoms with Gasteiger partial charge in [-0.15, -0.1) is 0 Å². The highest BCUT2D eigenvalue weighted by molar-refractivity contribution is 5.36. The van der Waals surface area contributed by atoms with Crippen LogP contribution in [0.1, 0.15) is 31.9 Å². The highest BCUT2D eigenvalue weighted by Gasteiger charge is 2.18. The average Bonchev–Trinajstić information content (AvgIpc) is 2.78. The molecule has 0 bridgehead atoms. The van der Waals surface area contributed by atoms with Gasteiger partial charge in [0.05, 0.1) is 6.10 Å². The molecule has 16 heavy (non-hydrogen) atoms. The molecule has 1 aromatic rings. The predicted molar refractivity (Wildman–Crippen MR) is 64.6 cm³/mol. The molecule has 2 heterocycles. The van der Waals surface area contributed by atoms with Gasteiger partial charge in [0.15, 0.2) is 0 Å². The van der Waals surface area contributed by atoms with E-state index in [1.165, 1.54) is 18.5 Å². The highest BCUT2D eigenvalue weighted by Crippen LogP contribution is 2.18. The van der Waals surface area contributed by atoms with Crippen LogP contribution >= 0.6 is 0 Å². The summed E-state index contributed by atoms with van der Waals surface area (Å²) in [5.41, 5.74) is 1.17. The molecule has 4 heteroatoms. The minimum atomic E-state index is 0.414. The fourth-order valence-corrected chi connectivity index (χ4v) is 2.17. The molecule has 1 aliphatic heterocycles. The molecular formula is C12H21N3O. The quantitative estimate of drug-likeness (QED) is 0.849. The van der Waals surface area contributed by atoms with Crippen molar-refractivity contribution in [3.63, 3.8) is 0 Å². The summed E-state index contributed by atoms with van der Waals surface area (Å²) in [6.45, 7) is 5.18. The van der Waals surface area contributed by atoms with Crippen molar-refractivity contribution in [2.75, 3.05) is 11.9 Å². The van der Waals surface area contributed by atoms with Crippen molar-refractivity contribution in [2.24, 2.45) is 7.05 Å². The number of rotatable bonds is 4. The van der Waals surface area contributed by atoms with Crippen molar-refractivity contribution in [2.45, 2.75) is 45.3 Å².